The summed E-state index contributed by atoms with van der Waals surface area (Å²) < 4.78 is 0. The van der Waals surface area contributed by atoms with E-state index in [1.54, 1.807) is 6.07 Å². The van der Waals surface area contributed by atoms with Crippen LogP contribution in [0.1, 0.15) is 51.8 Å². The fourth-order valence-electron chi connectivity index (χ4n) is 3.44. The van der Waals surface area contributed by atoms with E-state index in [0.717, 1.165) is 35.2 Å². The molecule has 0 saturated heterocycles. The SMILES string of the molecule is C=N/C(NC1(C)CC1)=C(\C)C(C(=O)N1CCc2nc(Cl)ccc2C1)=C(C)C. The number of allylic oxidation sites excluding steroid dienone is 1. The molecular formula is C21H27ClN4O. The van der Waals surface area contributed by atoms with Gasteiger partial charge < -0.3 is 10.2 Å². The number of halogens is 1. The van der Waals surface area contributed by atoms with Crippen LogP contribution in [-0.2, 0) is 17.8 Å². The Bertz CT molecular complexity index is 848. The Hall–Kier alpha value is -2.14. The second-order valence-electron chi connectivity index (χ2n) is 7.91. The molecule has 0 aromatic carbocycles. The number of aliphatic imine (C=N–C) groups is 1. The Morgan fingerprint density at radius 2 is 2.04 bits per heavy atom. The van der Waals surface area contributed by atoms with Crippen molar-refractivity contribution >= 4 is 24.2 Å². The summed E-state index contributed by atoms with van der Waals surface area (Å²) >= 11 is 5.99. The Morgan fingerprint density at radius 1 is 1.33 bits per heavy atom. The van der Waals surface area contributed by atoms with Crippen LogP contribution in [0.25, 0.3) is 0 Å². The van der Waals surface area contributed by atoms with Gasteiger partial charge in [0.05, 0.1) is 0 Å². The Labute approximate surface area is 166 Å². The molecule has 1 aliphatic carbocycles. The fourth-order valence-corrected chi connectivity index (χ4v) is 3.60. The normalized spacial score (nSPS) is 18.2. The smallest absolute Gasteiger partial charge is 0.254 e. The van der Waals surface area contributed by atoms with Crippen LogP contribution in [0.4, 0.5) is 0 Å². The van der Waals surface area contributed by atoms with Crippen LogP contribution < -0.4 is 5.32 Å². The van der Waals surface area contributed by atoms with Crippen molar-refractivity contribution in [2.45, 2.75) is 59.0 Å². The van der Waals surface area contributed by atoms with Crippen LogP contribution in [0.3, 0.4) is 0 Å². The number of rotatable bonds is 5. The van der Waals surface area contributed by atoms with E-state index in [9.17, 15) is 4.79 Å². The van der Waals surface area contributed by atoms with E-state index in [4.69, 9.17) is 11.6 Å². The lowest BCUT2D eigenvalue weighted by Crippen LogP contribution is -2.38. The zero-order chi connectivity index (χ0) is 19.8. The van der Waals surface area contributed by atoms with Crippen LogP contribution in [0, 0.1) is 0 Å². The Kier molecular flexibility index (Phi) is 5.43. The number of carbonyl (C=O) groups excluding carboxylic acids is 1. The molecule has 0 spiro atoms. The van der Waals surface area contributed by atoms with Gasteiger partial charge in [-0.1, -0.05) is 23.2 Å². The number of amides is 1. The van der Waals surface area contributed by atoms with Gasteiger partial charge in [0.1, 0.15) is 11.0 Å². The number of fused-ring (bicyclic) bond motifs is 1. The molecule has 6 heteroatoms. The molecule has 2 aliphatic rings. The van der Waals surface area contributed by atoms with Gasteiger partial charge in [0.2, 0.25) is 0 Å². The van der Waals surface area contributed by atoms with E-state index in [0.29, 0.717) is 36.1 Å². The summed E-state index contributed by atoms with van der Waals surface area (Å²) in [6.07, 6.45) is 2.93. The summed E-state index contributed by atoms with van der Waals surface area (Å²) in [6.45, 7) is 12.9. The van der Waals surface area contributed by atoms with Crippen molar-refractivity contribution in [3.05, 3.63) is 51.1 Å². The molecule has 2 heterocycles. The zero-order valence-electron chi connectivity index (χ0n) is 16.5. The average molecular weight is 387 g/mol. The maximum absolute atomic E-state index is 13.4. The summed E-state index contributed by atoms with van der Waals surface area (Å²) in [5, 5.41) is 3.95. The maximum atomic E-state index is 13.4. The molecule has 1 fully saturated rings. The molecule has 0 atom stereocenters. The van der Waals surface area contributed by atoms with Gasteiger partial charge in [-0.05, 0) is 58.9 Å². The standard InChI is InChI=1S/C21H27ClN4O/c1-13(2)18(14(3)19(23-5)25-21(4)9-10-21)20(27)26-11-8-16-15(12-26)6-7-17(22)24-16/h6-7,25H,5,8-12H2,1-4H3/b19-14-. The van der Waals surface area contributed by atoms with E-state index in [2.05, 4.69) is 28.9 Å². The highest BCUT2D eigenvalue weighted by Gasteiger charge is 2.38. The number of nitrogens with zero attached hydrogens (tertiary/aromatic N) is 3. The minimum atomic E-state index is 0.0250. The van der Waals surface area contributed by atoms with Gasteiger partial charge in [-0.3, -0.25) is 4.79 Å². The van der Waals surface area contributed by atoms with Gasteiger partial charge in [0, 0.05) is 41.9 Å². The van der Waals surface area contributed by atoms with E-state index in [1.807, 2.05) is 31.7 Å². The van der Waals surface area contributed by atoms with Crippen molar-refractivity contribution in [1.82, 2.24) is 15.2 Å². The molecule has 1 amide bonds. The first kappa shape index (κ1) is 19.6. The van der Waals surface area contributed by atoms with E-state index < -0.39 is 0 Å². The Morgan fingerprint density at radius 3 is 2.63 bits per heavy atom. The van der Waals surface area contributed by atoms with Crippen LogP contribution in [0.2, 0.25) is 5.15 Å². The van der Waals surface area contributed by atoms with Gasteiger partial charge in [-0.25, -0.2) is 9.98 Å². The zero-order valence-corrected chi connectivity index (χ0v) is 17.3. The maximum Gasteiger partial charge on any atom is 0.254 e. The minimum absolute atomic E-state index is 0.0250. The van der Waals surface area contributed by atoms with E-state index in [1.165, 1.54) is 0 Å². The average Bonchev–Trinajstić information content (AvgIpc) is 3.36. The van der Waals surface area contributed by atoms with Crippen molar-refractivity contribution < 1.29 is 4.79 Å². The first-order valence-electron chi connectivity index (χ1n) is 9.31. The van der Waals surface area contributed by atoms with Crippen LogP contribution in [0.15, 0.2) is 39.7 Å². The number of hydrogen-bond acceptors (Lipinski definition) is 4. The van der Waals surface area contributed by atoms with E-state index in [-0.39, 0.29) is 11.4 Å². The molecular weight excluding hydrogens is 360 g/mol. The molecule has 1 aromatic heterocycles. The third-order valence-corrected chi connectivity index (χ3v) is 5.53. The largest absolute Gasteiger partial charge is 0.365 e. The lowest BCUT2D eigenvalue weighted by molar-refractivity contribution is -0.127. The molecule has 27 heavy (non-hydrogen) atoms. The quantitative estimate of drug-likeness (QED) is 0.359. The van der Waals surface area contributed by atoms with Crippen LogP contribution in [-0.4, -0.2) is 34.6 Å². The van der Waals surface area contributed by atoms with Crippen molar-refractivity contribution in [1.29, 1.82) is 0 Å². The fraction of sp³-hybridized carbons (Fsp3) is 0.476. The number of hydrogen-bond donors (Lipinski definition) is 1. The van der Waals surface area contributed by atoms with Crippen molar-refractivity contribution in [3.8, 4) is 0 Å². The molecule has 0 radical (unpaired) electrons. The first-order valence-corrected chi connectivity index (χ1v) is 9.69. The molecule has 1 aliphatic heterocycles. The summed E-state index contributed by atoms with van der Waals surface area (Å²) in [4.78, 5) is 23.8. The lowest BCUT2D eigenvalue weighted by Gasteiger charge is -2.30. The molecule has 1 saturated carbocycles. The number of nitrogens with one attached hydrogen (secondary N) is 1. The predicted molar refractivity (Wildman–Crippen MR) is 110 cm³/mol. The predicted octanol–water partition coefficient (Wildman–Crippen LogP) is 4.03. The molecule has 1 N–H and O–H groups in total. The van der Waals surface area contributed by atoms with Crippen molar-refractivity contribution in [3.63, 3.8) is 0 Å². The van der Waals surface area contributed by atoms with Gasteiger partial charge in [-0.15, -0.1) is 0 Å². The summed E-state index contributed by atoms with van der Waals surface area (Å²) in [6, 6.07) is 3.74. The van der Waals surface area contributed by atoms with Crippen molar-refractivity contribution in [2.75, 3.05) is 6.54 Å². The summed E-state index contributed by atoms with van der Waals surface area (Å²) in [7, 11) is 0. The molecule has 5 nitrogen and oxygen atoms in total. The summed E-state index contributed by atoms with van der Waals surface area (Å²) in [5.41, 5.74) is 4.64. The number of aromatic nitrogens is 1. The van der Waals surface area contributed by atoms with Gasteiger partial charge in [0.15, 0.2) is 0 Å². The number of carbonyl (C=O) groups is 1. The highest BCUT2D eigenvalue weighted by Crippen LogP contribution is 2.36. The van der Waals surface area contributed by atoms with Crippen LogP contribution >= 0.6 is 11.6 Å². The molecule has 3 rings (SSSR count). The molecule has 0 bridgehead atoms. The highest BCUT2D eigenvalue weighted by molar-refractivity contribution is 6.29. The molecule has 1 aromatic rings. The van der Waals surface area contributed by atoms with Crippen LogP contribution in [0.5, 0.6) is 0 Å². The topological polar surface area (TPSA) is 57.6 Å². The minimum Gasteiger partial charge on any atom is -0.365 e. The first-order chi connectivity index (χ1) is 12.7. The highest BCUT2D eigenvalue weighted by atomic mass is 35.5. The monoisotopic (exact) mass is 386 g/mol. The Balaban J connectivity index is 1.87. The second kappa shape index (κ2) is 7.47. The molecule has 144 valence electrons. The second-order valence-corrected chi connectivity index (χ2v) is 8.30. The summed E-state index contributed by atoms with van der Waals surface area (Å²) in [5.74, 6) is 0.724. The van der Waals surface area contributed by atoms with E-state index >= 15 is 0 Å². The van der Waals surface area contributed by atoms with Gasteiger partial charge in [0.25, 0.3) is 5.91 Å². The third kappa shape index (κ3) is 4.24. The number of pyridine rings is 1. The lowest BCUT2D eigenvalue weighted by atomic mass is 9.98. The molecule has 0 unspecified atom stereocenters. The van der Waals surface area contributed by atoms with Gasteiger partial charge >= 0.3 is 0 Å². The third-order valence-electron chi connectivity index (χ3n) is 5.32. The van der Waals surface area contributed by atoms with Gasteiger partial charge in [-0.2, -0.15) is 0 Å². The van der Waals surface area contributed by atoms with Crippen molar-refractivity contribution in [2.24, 2.45) is 4.99 Å².